The van der Waals surface area contributed by atoms with Crippen molar-refractivity contribution in [3.05, 3.63) is 20.9 Å². The molecule has 0 saturated carbocycles. The summed E-state index contributed by atoms with van der Waals surface area (Å²) in [5.74, 6) is -0.135. The molecule has 0 unspecified atom stereocenters. The van der Waals surface area contributed by atoms with Crippen molar-refractivity contribution >= 4 is 22.6 Å². The van der Waals surface area contributed by atoms with Crippen LogP contribution in [-0.2, 0) is 6.61 Å². The van der Waals surface area contributed by atoms with E-state index in [0.717, 1.165) is 0 Å². The molecule has 1 heterocycles. The zero-order chi connectivity index (χ0) is 10.7. The summed E-state index contributed by atoms with van der Waals surface area (Å²) in [7, 11) is 1.27. The normalized spacial score (nSPS) is 10.7. The number of alkyl halides is 2. The Hall–Kier alpha value is -0.500. The van der Waals surface area contributed by atoms with Gasteiger partial charge in [-0.2, -0.15) is 0 Å². The van der Waals surface area contributed by atoms with Gasteiger partial charge in [-0.25, -0.2) is 13.8 Å². The van der Waals surface area contributed by atoms with E-state index in [0.29, 0.717) is 3.57 Å². The number of aromatic nitrogens is 1. The average Bonchev–Trinajstić information content (AvgIpc) is 2.17. The van der Waals surface area contributed by atoms with Gasteiger partial charge >= 0.3 is 0 Å². The summed E-state index contributed by atoms with van der Waals surface area (Å²) in [6, 6.07) is 0. The van der Waals surface area contributed by atoms with Crippen LogP contribution in [0.3, 0.4) is 0 Å². The number of methoxy groups -OCH3 is 1. The van der Waals surface area contributed by atoms with E-state index in [4.69, 9.17) is 9.84 Å². The van der Waals surface area contributed by atoms with Crippen molar-refractivity contribution in [1.82, 2.24) is 4.98 Å². The summed E-state index contributed by atoms with van der Waals surface area (Å²) in [6.07, 6.45) is -1.31. The van der Waals surface area contributed by atoms with Gasteiger partial charge in [-0.15, -0.1) is 0 Å². The SMILES string of the molecule is COc1ncc(I)c(CO)c1C(F)F. The molecule has 1 aromatic rings. The Morgan fingerprint density at radius 2 is 2.29 bits per heavy atom. The molecule has 0 aliphatic carbocycles. The largest absolute Gasteiger partial charge is 0.481 e. The fraction of sp³-hybridized carbons (Fsp3) is 0.375. The van der Waals surface area contributed by atoms with E-state index in [2.05, 4.69) is 4.98 Å². The fourth-order valence-electron chi connectivity index (χ4n) is 1.07. The summed E-state index contributed by atoms with van der Waals surface area (Å²) in [5.41, 5.74) is -0.158. The number of halogens is 3. The van der Waals surface area contributed by atoms with Gasteiger partial charge < -0.3 is 9.84 Å². The molecule has 0 bridgehead atoms. The van der Waals surface area contributed by atoms with Crippen molar-refractivity contribution in [2.45, 2.75) is 13.0 Å². The van der Waals surface area contributed by atoms with Crippen molar-refractivity contribution in [2.75, 3.05) is 7.11 Å². The zero-order valence-corrected chi connectivity index (χ0v) is 9.46. The lowest BCUT2D eigenvalue weighted by atomic mass is 10.1. The van der Waals surface area contributed by atoms with Crippen LogP contribution in [0, 0.1) is 3.57 Å². The molecule has 0 aliphatic rings. The molecule has 6 heteroatoms. The summed E-state index contributed by atoms with van der Waals surface area (Å²) < 4.78 is 30.4. The molecule has 0 spiro atoms. The van der Waals surface area contributed by atoms with Gasteiger partial charge in [-0.3, -0.25) is 0 Å². The maximum absolute atomic E-state index is 12.6. The summed E-state index contributed by atoms with van der Waals surface area (Å²) >= 11 is 1.84. The molecular formula is C8H8F2INO2. The van der Waals surface area contributed by atoms with Gasteiger partial charge in [0.2, 0.25) is 5.88 Å². The van der Waals surface area contributed by atoms with E-state index in [1.807, 2.05) is 22.6 Å². The molecule has 0 amide bonds. The molecule has 0 aliphatic heterocycles. The highest BCUT2D eigenvalue weighted by molar-refractivity contribution is 14.1. The molecule has 78 valence electrons. The summed E-state index contributed by atoms with van der Waals surface area (Å²) in [6.45, 7) is -0.448. The topological polar surface area (TPSA) is 42.4 Å². The van der Waals surface area contributed by atoms with Gasteiger partial charge in [0.25, 0.3) is 6.43 Å². The highest BCUT2D eigenvalue weighted by Crippen LogP contribution is 2.32. The second-order valence-corrected chi connectivity index (χ2v) is 3.63. The Bertz CT molecular complexity index is 333. The van der Waals surface area contributed by atoms with Crippen LogP contribution in [0.5, 0.6) is 5.88 Å². The Balaban J connectivity index is 3.36. The molecule has 0 atom stereocenters. The Kier molecular flexibility index (Phi) is 3.99. The maximum atomic E-state index is 12.6. The Morgan fingerprint density at radius 1 is 1.64 bits per heavy atom. The van der Waals surface area contributed by atoms with Crippen LogP contribution in [0.1, 0.15) is 17.6 Å². The van der Waals surface area contributed by atoms with Gasteiger partial charge in [-0.05, 0) is 22.6 Å². The second kappa shape index (κ2) is 4.83. The number of pyridine rings is 1. The Morgan fingerprint density at radius 3 is 2.71 bits per heavy atom. The number of ether oxygens (including phenoxy) is 1. The van der Waals surface area contributed by atoms with Gasteiger partial charge in [0.15, 0.2) is 0 Å². The minimum Gasteiger partial charge on any atom is -0.481 e. The van der Waals surface area contributed by atoms with Crippen molar-refractivity contribution in [2.24, 2.45) is 0 Å². The van der Waals surface area contributed by atoms with Gasteiger partial charge in [0.1, 0.15) is 0 Å². The number of nitrogens with zero attached hydrogens (tertiary/aromatic N) is 1. The summed E-state index contributed by atoms with van der Waals surface area (Å²) in [4.78, 5) is 3.71. The van der Waals surface area contributed by atoms with Crippen LogP contribution in [0.25, 0.3) is 0 Å². The molecule has 1 aromatic heterocycles. The van der Waals surface area contributed by atoms with Crippen LogP contribution in [-0.4, -0.2) is 17.2 Å². The first-order chi connectivity index (χ1) is 6.61. The highest BCUT2D eigenvalue weighted by atomic mass is 127. The lowest BCUT2D eigenvalue weighted by molar-refractivity contribution is 0.141. The standard InChI is InChI=1S/C8H8F2INO2/c1-14-8-6(7(9)10)4(3-13)5(11)2-12-8/h2,7,13H,3H2,1H3. The van der Waals surface area contributed by atoms with E-state index in [9.17, 15) is 8.78 Å². The third-order valence-electron chi connectivity index (χ3n) is 1.71. The second-order valence-electron chi connectivity index (χ2n) is 2.47. The van der Waals surface area contributed by atoms with Crippen LogP contribution in [0.4, 0.5) is 8.78 Å². The first-order valence-electron chi connectivity index (χ1n) is 3.72. The maximum Gasteiger partial charge on any atom is 0.269 e. The zero-order valence-electron chi connectivity index (χ0n) is 7.30. The van der Waals surface area contributed by atoms with E-state index in [-0.39, 0.29) is 17.0 Å². The molecule has 1 rings (SSSR count). The summed E-state index contributed by atoms with van der Waals surface area (Å²) in [5, 5.41) is 8.95. The van der Waals surface area contributed by atoms with Crippen molar-refractivity contribution < 1.29 is 18.6 Å². The number of aliphatic hydroxyl groups is 1. The van der Waals surface area contributed by atoms with Crippen LogP contribution >= 0.6 is 22.6 Å². The highest BCUT2D eigenvalue weighted by Gasteiger charge is 2.21. The predicted molar refractivity (Wildman–Crippen MR) is 54.4 cm³/mol. The number of aliphatic hydroxyl groups excluding tert-OH is 1. The molecule has 1 N–H and O–H groups in total. The van der Waals surface area contributed by atoms with E-state index in [1.54, 1.807) is 0 Å². The molecule has 0 aromatic carbocycles. The van der Waals surface area contributed by atoms with Gasteiger partial charge in [0.05, 0.1) is 19.3 Å². The van der Waals surface area contributed by atoms with Crippen molar-refractivity contribution in [3.63, 3.8) is 0 Å². The number of rotatable bonds is 3. The molecule has 14 heavy (non-hydrogen) atoms. The first-order valence-corrected chi connectivity index (χ1v) is 4.80. The third-order valence-corrected chi connectivity index (χ3v) is 2.64. The van der Waals surface area contributed by atoms with Crippen LogP contribution in [0.15, 0.2) is 6.20 Å². The average molecular weight is 315 g/mol. The third kappa shape index (κ3) is 2.11. The molecule has 0 saturated heterocycles. The number of hydrogen-bond acceptors (Lipinski definition) is 3. The van der Waals surface area contributed by atoms with E-state index >= 15 is 0 Å². The molecule has 3 nitrogen and oxygen atoms in total. The van der Waals surface area contributed by atoms with Gasteiger partial charge in [-0.1, -0.05) is 0 Å². The number of hydrogen-bond donors (Lipinski definition) is 1. The minimum absolute atomic E-state index is 0.135. The monoisotopic (exact) mass is 315 g/mol. The fourth-order valence-corrected chi connectivity index (χ4v) is 1.67. The van der Waals surface area contributed by atoms with Crippen molar-refractivity contribution in [3.8, 4) is 5.88 Å². The van der Waals surface area contributed by atoms with Gasteiger partial charge in [0, 0.05) is 15.3 Å². The quantitative estimate of drug-likeness (QED) is 0.869. The predicted octanol–water partition coefficient (Wildman–Crippen LogP) is 2.12. The van der Waals surface area contributed by atoms with E-state index in [1.165, 1.54) is 13.3 Å². The Labute approximate surface area is 93.2 Å². The first kappa shape index (κ1) is 11.6. The molecule has 0 radical (unpaired) electrons. The minimum atomic E-state index is -2.70. The lowest BCUT2D eigenvalue weighted by Crippen LogP contribution is -2.03. The van der Waals surface area contributed by atoms with Crippen LogP contribution in [0.2, 0.25) is 0 Å². The van der Waals surface area contributed by atoms with Crippen molar-refractivity contribution in [1.29, 1.82) is 0 Å². The van der Waals surface area contributed by atoms with Crippen LogP contribution < -0.4 is 4.74 Å². The van der Waals surface area contributed by atoms with E-state index < -0.39 is 13.0 Å². The lowest BCUT2D eigenvalue weighted by Gasteiger charge is -2.11. The smallest absolute Gasteiger partial charge is 0.269 e. The molecular weight excluding hydrogens is 307 g/mol. The molecule has 0 fully saturated rings.